The summed E-state index contributed by atoms with van der Waals surface area (Å²) in [5.74, 6) is 1.09. The van der Waals surface area contributed by atoms with Gasteiger partial charge in [-0.2, -0.15) is 0 Å². The third-order valence-electron chi connectivity index (χ3n) is 3.56. The zero-order chi connectivity index (χ0) is 13.9. The quantitative estimate of drug-likeness (QED) is 0.873. The van der Waals surface area contributed by atoms with Gasteiger partial charge in [-0.3, -0.25) is 0 Å². The molecule has 106 valence electrons. The van der Waals surface area contributed by atoms with E-state index in [4.69, 9.17) is 4.74 Å². The number of aryl methyl sites for hydroxylation is 1. The van der Waals surface area contributed by atoms with Crippen LogP contribution in [0.2, 0.25) is 0 Å². The number of para-hydroxylation sites is 1. The lowest BCUT2D eigenvalue weighted by molar-refractivity contribution is 0.283. The molecular weight excluding hydrogens is 334 g/mol. The highest BCUT2D eigenvalue weighted by molar-refractivity contribution is 9.11. The molecule has 4 heteroatoms. The number of benzene rings is 1. The van der Waals surface area contributed by atoms with Crippen LogP contribution in [0, 0.1) is 0 Å². The van der Waals surface area contributed by atoms with Gasteiger partial charge in [-0.1, -0.05) is 25.1 Å². The largest absolute Gasteiger partial charge is 0.493 e. The first-order chi connectivity index (χ1) is 9.79. The van der Waals surface area contributed by atoms with Crippen molar-refractivity contribution in [3.05, 3.63) is 50.1 Å². The Labute approximate surface area is 132 Å². The van der Waals surface area contributed by atoms with Crippen LogP contribution in [0.25, 0.3) is 0 Å². The lowest BCUT2D eigenvalue weighted by atomic mass is 9.97. The SMILES string of the molecule is CCNC(c1ccc(Br)s1)c1cccc2c1OCCC2. The highest BCUT2D eigenvalue weighted by Crippen LogP contribution is 2.38. The number of hydrogen-bond acceptors (Lipinski definition) is 3. The summed E-state index contributed by atoms with van der Waals surface area (Å²) in [5, 5.41) is 3.59. The monoisotopic (exact) mass is 351 g/mol. The second kappa shape index (κ2) is 6.29. The molecule has 1 aromatic carbocycles. The number of halogens is 1. The molecule has 0 amide bonds. The Kier molecular flexibility index (Phi) is 4.44. The Morgan fingerprint density at radius 2 is 2.25 bits per heavy atom. The van der Waals surface area contributed by atoms with Gasteiger partial charge in [-0.05, 0) is 53.0 Å². The zero-order valence-corrected chi connectivity index (χ0v) is 13.9. The van der Waals surface area contributed by atoms with Gasteiger partial charge in [0.05, 0.1) is 16.4 Å². The van der Waals surface area contributed by atoms with Crippen molar-refractivity contribution in [1.82, 2.24) is 5.32 Å². The summed E-state index contributed by atoms with van der Waals surface area (Å²) in [4.78, 5) is 1.32. The van der Waals surface area contributed by atoms with Gasteiger partial charge in [0.25, 0.3) is 0 Å². The molecule has 2 nitrogen and oxygen atoms in total. The summed E-state index contributed by atoms with van der Waals surface area (Å²) in [5.41, 5.74) is 2.60. The van der Waals surface area contributed by atoms with Crippen LogP contribution in [0.4, 0.5) is 0 Å². The van der Waals surface area contributed by atoms with E-state index >= 15 is 0 Å². The van der Waals surface area contributed by atoms with Gasteiger partial charge in [-0.25, -0.2) is 0 Å². The number of thiophene rings is 1. The van der Waals surface area contributed by atoms with Gasteiger partial charge < -0.3 is 10.1 Å². The minimum absolute atomic E-state index is 0.212. The summed E-state index contributed by atoms with van der Waals surface area (Å²) < 4.78 is 7.13. The van der Waals surface area contributed by atoms with Gasteiger partial charge >= 0.3 is 0 Å². The number of fused-ring (bicyclic) bond motifs is 1. The van der Waals surface area contributed by atoms with Crippen LogP contribution in [0.1, 0.15) is 35.4 Å². The molecule has 1 unspecified atom stereocenters. The lowest BCUT2D eigenvalue weighted by Crippen LogP contribution is -2.23. The number of hydrogen-bond donors (Lipinski definition) is 1. The fraction of sp³-hybridized carbons (Fsp3) is 0.375. The van der Waals surface area contributed by atoms with Crippen molar-refractivity contribution < 1.29 is 4.74 Å². The maximum absolute atomic E-state index is 5.96. The zero-order valence-electron chi connectivity index (χ0n) is 11.5. The maximum Gasteiger partial charge on any atom is 0.127 e. The molecule has 1 N–H and O–H groups in total. The van der Waals surface area contributed by atoms with E-state index in [9.17, 15) is 0 Å². The molecule has 0 saturated carbocycles. The fourth-order valence-electron chi connectivity index (χ4n) is 2.69. The van der Waals surface area contributed by atoms with Crippen LogP contribution in [-0.4, -0.2) is 13.2 Å². The first-order valence-corrected chi connectivity index (χ1v) is 8.63. The molecule has 3 rings (SSSR count). The molecule has 2 aromatic rings. The predicted octanol–water partition coefficient (Wildman–Crippen LogP) is 4.53. The van der Waals surface area contributed by atoms with Crippen LogP contribution in [0.3, 0.4) is 0 Å². The predicted molar refractivity (Wildman–Crippen MR) is 87.8 cm³/mol. The van der Waals surface area contributed by atoms with E-state index in [2.05, 4.69) is 58.5 Å². The Morgan fingerprint density at radius 1 is 1.35 bits per heavy atom. The van der Waals surface area contributed by atoms with Crippen molar-refractivity contribution in [3.63, 3.8) is 0 Å². The van der Waals surface area contributed by atoms with Gasteiger partial charge in [0.1, 0.15) is 5.75 Å². The first kappa shape index (κ1) is 14.1. The summed E-state index contributed by atoms with van der Waals surface area (Å²) in [6.07, 6.45) is 2.24. The molecule has 0 radical (unpaired) electrons. The molecule has 0 bridgehead atoms. The molecular formula is C16H18BrNOS. The van der Waals surface area contributed by atoms with E-state index in [-0.39, 0.29) is 6.04 Å². The Hall–Kier alpha value is -0.840. The third kappa shape index (κ3) is 2.78. The smallest absolute Gasteiger partial charge is 0.127 e. The number of rotatable bonds is 4. The average Bonchev–Trinajstić information content (AvgIpc) is 2.91. The second-order valence-electron chi connectivity index (χ2n) is 4.92. The minimum Gasteiger partial charge on any atom is -0.493 e. The molecule has 1 atom stereocenters. The van der Waals surface area contributed by atoms with Crippen LogP contribution in [-0.2, 0) is 6.42 Å². The lowest BCUT2D eigenvalue weighted by Gasteiger charge is -2.25. The molecule has 0 fully saturated rings. The molecule has 20 heavy (non-hydrogen) atoms. The highest BCUT2D eigenvalue weighted by atomic mass is 79.9. The standard InChI is InChI=1S/C16H18BrNOS/c1-2-18-15(13-8-9-14(17)20-13)12-7-3-5-11-6-4-10-19-16(11)12/h3,5,7-9,15,18H,2,4,6,10H2,1H3. The molecule has 0 aliphatic carbocycles. The number of ether oxygens (including phenoxy) is 1. The summed E-state index contributed by atoms with van der Waals surface area (Å²) in [6.45, 7) is 3.91. The summed E-state index contributed by atoms with van der Waals surface area (Å²) >= 11 is 5.34. The normalized spacial score (nSPS) is 15.5. The van der Waals surface area contributed by atoms with Crippen molar-refractivity contribution >= 4 is 27.3 Å². The highest BCUT2D eigenvalue weighted by Gasteiger charge is 2.22. The molecule has 1 aliphatic heterocycles. The molecule has 1 aromatic heterocycles. The van der Waals surface area contributed by atoms with E-state index in [0.29, 0.717) is 0 Å². The van der Waals surface area contributed by atoms with E-state index < -0.39 is 0 Å². The van der Waals surface area contributed by atoms with E-state index in [1.54, 1.807) is 11.3 Å². The molecule has 0 spiro atoms. The van der Waals surface area contributed by atoms with E-state index in [0.717, 1.165) is 31.7 Å². The van der Waals surface area contributed by atoms with Crippen molar-refractivity contribution in [2.45, 2.75) is 25.8 Å². The van der Waals surface area contributed by atoms with Gasteiger partial charge in [0.2, 0.25) is 0 Å². The van der Waals surface area contributed by atoms with Crippen molar-refractivity contribution in [2.24, 2.45) is 0 Å². The van der Waals surface area contributed by atoms with Crippen molar-refractivity contribution in [3.8, 4) is 5.75 Å². The van der Waals surface area contributed by atoms with Crippen LogP contribution in [0.15, 0.2) is 34.1 Å². The average molecular weight is 352 g/mol. The minimum atomic E-state index is 0.212. The first-order valence-electron chi connectivity index (χ1n) is 7.02. The van der Waals surface area contributed by atoms with Gasteiger partial charge in [-0.15, -0.1) is 11.3 Å². The molecule has 0 saturated heterocycles. The van der Waals surface area contributed by atoms with Crippen LogP contribution >= 0.6 is 27.3 Å². The Morgan fingerprint density at radius 3 is 3.00 bits per heavy atom. The summed E-state index contributed by atoms with van der Waals surface area (Å²) in [7, 11) is 0. The second-order valence-corrected chi connectivity index (χ2v) is 7.41. The third-order valence-corrected chi connectivity index (χ3v) is 5.25. The number of nitrogens with one attached hydrogen (secondary N) is 1. The van der Waals surface area contributed by atoms with E-state index in [1.165, 1.54) is 19.8 Å². The summed E-state index contributed by atoms with van der Waals surface area (Å²) in [6, 6.07) is 11.0. The Balaban J connectivity index is 2.03. The van der Waals surface area contributed by atoms with Crippen LogP contribution < -0.4 is 10.1 Å². The fourth-order valence-corrected chi connectivity index (χ4v) is 4.21. The topological polar surface area (TPSA) is 21.3 Å². The van der Waals surface area contributed by atoms with Gasteiger partial charge in [0.15, 0.2) is 0 Å². The van der Waals surface area contributed by atoms with E-state index in [1.807, 2.05) is 0 Å². The molecule has 2 heterocycles. The van der Waals surface area contributed by atoms with Crippen molar-refractivity contribution in [1.29, 1.82) is 0 Å². The maximum atomic E-state index is 5.96. The van der Waals surface area contributed by atoms with Crippen molar-refractivity contribution in [2.75, 3.05) is 13.2 Å². The Bertz CT molecular complexity index is 596. The van der Waals surface area contributed by atoms with Gasteiger partial charge in [0, 0.05) is 10.4 Å². The van der Waals surface area contributed by atoms with Crippen LogP contribution in [0.5, 0.6) is 5.75 Å². The molecule has 1 aliphatic rings.